The van der Waals surface area contributed by atoms with Crippen LogP contribution in [0.1, 0.15) is 26.3 Å². The molecule has 0 aliphatic carbocycles. The third kappa shape index (κ3) is 3.81. The minimum Gasteiger partial charge on any atom is -0.207 e. The Morgan fingerprint density at radius 3 is 2.05 bits per heavy atom. The molecule has 0 fully saturated rings. The highest BCUT2D eigenvalue weighted by atomic mass is 35.5. The van der Waals surface area contributed by atoms with E-state index in [0.29, 0.717) is 0 Å². The highest BCUT2D eigenvalue weighted by Gasteiger charge is 2.14. The Morgan fingerprint density at radius 1 is 0.947 bits per heavy atom. The first-order chi connectivity index (χ1) is 8.85. The molecule has 0 aromatic heterocycles. The van der Waals surface area contributed by atoms with Gasteiger partial charge in [0.05, 0.1) is 0 Å². The molecule has 2 rings (SSSR count). The van der Waals surface area contributed by atoms with E-state index in [9.17, 15) is 4.39 Å². The van der Waals surface area contributed by atoms with Crippen molar-refractivity contribution in [1.29, 1.82) is 0 Å². The van der Waals surface area contributed by atoms with Crippen LogP contribution in [0.4, 0.5) is 4.39 Å². The van der Waals surface area contributed by atoms with Crippen LogP contribution in [0, 0.1) is 11.2 Å². The van der Waals surface area contributed by atoms with Crippen molar-refractivity contribution in [3.63, 3.8) is 0 Å². The summed E-state index contributed by atoms with van der Waals surface area (Å²) in [6.07, 6.45) is 0.940. The van der Waals surface area contributed by atoms with Gasteiger partial charge in [-0.25, -0.2) is 4.39 Å². The molecule has 0 amide bonds. The van der Waals surface area contributed by atoms with E-state index in [1.54, 1.807) is 12.1 Å². The van der Waals surface area contributed by atoms with Crippen LogP contribution in [-0.2, 0) is 6.42 Å². The quantitative estimate of drug-likeness (QED) is 0.657. The van der Waals surface area contributed by atoms with E-state index in [0.717, 1.165) is 28.1 Å². The van der Waals surface area contributed by atoms with Gasteiger partial charge in [-0.05, 0) is 46.7 Å². The average Bonchev–Trinajstić information content (AvgIpc) is 2.31. The lowest BCUT2D eigenvalue weighted by molar-refractivity contribution is 0.411. The third-order valence-electron chi connectivity index (χ3n) is 2.95. The van der Waals surface area contributed by atoms with Gasteiger partial charge in [0.2, 0.25) is 0 Å². The summed E-state index contributed by atoms with van der Waals surface area (Å²) < 4.78 is 12.9. The molecular weight excluding hydrogens is 259 g/mol. The van der Waals surface area contributed by atoms with Crippen LogP contribution < -0.4 is 0 Å². The Kier molecular flexibility index (Phi) is 3.96. The van der Waals surface area contributed by atoms with Crippen LogP contribution in [0.15, 0.2) is 42.5 Å². The number of hydrogen-bond donors (Lipinski definition) is 0. The van der Waals surface area contributed by atoms with Crippen molar-refractivity contribution < 1.29 is 4.39 Å². The number of benzene rings is 2. The fourth-order valence-electron chi connectivity index (χ4n) is 2.08. The van der Waals surface area contributed by atoms with Gasteiger partial charge in [0.15, 0.2) is 0 Å². The third-order valence-corrected chi connectivity index (χ3v) is 3.30. The van der Waals surface area contributed by atoms with Crippen LogP contribution in [0.3, 0.4) is 0 Å². The van der Waals surface area contributed by atoms with Gasteiger partial charge in [0, 0.05) is 5.02 Å². The Hall–Kier alpha value is -1.34. The molecular formula is C17H18ClF. The molecule has 100 valence electrons. The van der Waals surface area contributed by atoms with Crippen molar-refractivity contribution in [2.75, 3.05) is 0 Å². The molecule has 0 radical (unpaired) electrons. The van der Waals surface area contributed by atoms with Crippen molar-refractivity contribution in [2.24, 2.45) is 5.41 Å². The summed E-state index contributed by atoms with van der Waals surface area (Å²) in [6, 6.07) is 12.5. The van der Waals surface area contributed by atoms with Gasteiger partial charge in [-0.3, -0.25) is 0 Å². The normalized spacial score (nSPS) is 11.6. The van der Waals surface area contributed by atoms with Crippen LogP contribution in [0.2, 0.25) is 5.02 Å². The topological polar surface area (TPSA) is 0 Å². The van der Waals surface area contributed by atoms with Crippen molar-refractivity contribution in [1.82, 2.24) is 0 Å². The molecule has 0 bridgehead atoms. The highest BCUT2D eigenvalue weighted by Crippen LogP contribution is 2.30. The molecule has 0 saturated carbocycles. The maximum absolute atomic E-state index is 12.9. The van der Waals surface area contributed by atoms with Crippen molar-refractivity contribution in [3.05, 3.63) is 58.9 Å². The molecule has 0 atom stereocenters. The van der Waals surface area contributed by atoms with E-state index in [-0.39, 0.29) is 11.2 Å². The van der Waals surface area contributed by atoms with E-state index in [1.807, 2.05) is 12.1 Å². The monoisotopic (exact) mass is 276 g/mol. The SMILES string of the molecule is CC(C)(C)Cc1ccc(-c2ccc(F)cc2)cc1Cl. The Balaban J connectivity index is 2.31. The number of halogens is 2. The molecule has 0 spiro atoms. The zero-order chi connectivity index (χ0) is 14.0. The molecule has 0 heterocycles. The van der Waals surface area contributed by atoms with Gasteiger partial charge in [-0.1, -0.05) is 56.6 Å². The fraction of sp³-hybridized carbons (Fsp3) is 0.294. The van der Waals surface area contributed by atoms with Gasteiger partial charge in [0.1, 0.15) is 5.82 Å². The average molecular weight is 277 g/mol. The Morgan fingerprint density at radius 2 is 1.53 bits per heavy atom. The van der Waals surface area contributed by atoms with Crippen molar-refractivity contribution in [3.8, 4) is 11.1 Å². The van der Waals surface area contributed by atoms with Crippen molar-refractivity contribution >= 4 is 11.6 Å². The first kappa shape index (κ1) is 14.1. The van der Waals surface area contributed by atoms with Gasteiger partial charge in [-0.2, -0.15) is 0 Å². The van der Waals surface area contributed by atoms with Crippen LogP contribution in [-0.4, -0.2) is 0 Å². The first-order valence-corrected chi connectivity index (χ1v) is 6.77. The van der Waals surface area contributed by atoms with Gasteiger partial charge < -0.3 is 0 Å². The Labute approximate surface area is 119 Å². The summed E-state index contributed by atoms with van der Waals surface area (Å²) in [6.45, 7) is 6.58. The second kappa shape index (κ2) is 5.34. The minimum atomic E-state index is -0.223. The molecule has 0 aliphatic heterocycles. The van der Waals surface area contributed by atoms with Crippen LogP contribution >= 0.6 is 11.6 Å². The van der Waals surface area contributed by atoms with E-state index in [4.69, 9.17) is 11.6 Å². The summed E-state index contributed by atoms with van der Waals surface area (Å²) in [4.78, 5) is 0. The predicted molar refractivity (Wildman–Crippen MR) is 80.0 cm³/mol. The van der Waals surface area contributed by atoms with Gasteiger partial charge in [0.25, 0.3) is 0 Å². The molecule has 0 saturated heterocycles. The summed E-state index contributed by atoms with van der Waals surface area (Å²) in [5, 5.41) is 0.775. The van der Waals surface area contributed by atoms with Crippen LogP contribution in [0.25, 0.3) is 11.1 Å². The maximum atomic E-state index is 12.9. The zero-order valence-corrected chi connectivity index (χ0v) is 12.3. The minimum absolute atomic E-state index is 0.209. The summed E-state index contributed by atoms with van der Waals surface area (Å²) in [7, 11) is 0. The summed E-state index contributed by atoms with van der Waals surface area (Å²) >= 11 is 6.34. The van der Waals surface area contributed by atoms with E-state index >= 15 is 0 Å². The van der Waals surface area contributed by atoms with E-state index in [2.05, 4.69) is 26.8 Å². The maximum Gasteiger partial charge on any atom is 0.123 e. The molecule has 2 aromatic rings. The predicted octanol–water partition coefficient (Wildman–Crippen LogP) is 5.73. The molecule has 0 nitrogen and oxygen atoms in total. The molecule has 19 heavy (non-hydrogen) atoms. The van der Waals surface area contributed by atoms with Crippen molar-refractivity contribution in [2.45, 2.75) is 27.2 Å². The van der Waals surface area contributed by atoms with Gasteiger partial charge in [-0.15, -0.1) is 0 Å². The first-order valence-electron chi connectivity index (χ1n) is 6.39. The molecule has 0 unspecified atom stereocenters. The number of hydrogen-bond acceptors (Lipinski definition) is 0. The summed E-state index contributed by atoms with van der Waals surface area (Å²) in [5.41, 5.74) is 3.36. The number of rotatable bonds is 2. The second-order valence-electron chi connectivity index (χ2n) is 6.05. The molecule has 2 heteroatoms. The lowest BCUT2D eigenvalue weighted by Gasteiger charge is -2.19. The zero-order valence-electron chi connectivity index (χ0n) is 11.5. The van der Waals surface area contributed by atoms with E-state index in [1.165, 1.54) is 12.1 Å². The van der Waals surface area contributed by atoms with E-state index < -0.39 is 0 Å². The van der Waals surface area contributed by atoms with Gasteiger partial charge >= 0.3 is 0 Å². The highest BCUT2D eigenvalue weighted by molar-refractivity contribution is 6.31. The summed E-state index contributed by atoms with van der Waals surface area (Å²) in [5.74, 6) is -0.223. The largest absolute Gasteiger partial charge is 0.207 e. The standard InChI is InChI=1S/C17H18ClF/c1-17(2,3)11-14-5-4-13(10-16(14)18)12-6-8-15(19)9-7-12/h4-10H,11H2,1-3H3. The van der Waals surface area contributed by atoms with Crippen LogP contribution in [0.5, 0.6) is 0 Å². The molecule has 2 aromatic carbocycles. The second-order valence-corrected chi connectivity index (χ2v) is 6.46. The Bertz CT molecular complexity index is 565. The lowest BCUT2D eigenvalue weighted by atomic mass is 9.87. The lowest BCUT2D eigenvalue weighted by Crippen LogP contribution is -2.09. The molecule has 0 N–H and O–H groups in total. The fourth-order valence-corrected chi connectivity index (χ4v) is 2.33. The smallest absolute Gasteiger partial charge is 0.123 e. The molecule has 0 aliphatic rings.